The number of nitrogens with zero attached hydrogens (tertiary/aromatic N) is 1. The van der Waals surface area contributed by atoms with Crippen molar-refractivity contribution < 1.29 is 0 Å². The van der Waals surface area contributed by atoms with Crippen molar-refractivity contribution in [3.63, 3.8) is 0 Å². The summed E-state index contributed by atoms with van der Waals surface area (Å²) in [5, 5.41) is 0. The molecule has 1 rings (SSSR count). The maximum atomic E-state index is 11.5. The highest BCUT2D eigenvalue weighted by Gasteiger charge is 2.01. The zero-order valence-corrected chi connectivity index (χ0v) is 10.8. The van der Waals surface area contributed by atoms with Gasteiger partial charge in [0.1, 0.15) is 0 Å². The van der Waals surface area contributed by atoms with E-state index in [-0.39, 0.29) is 11.2 Å². The van der Waals surface area contributed by atoms with Crippen molar-refractivity contribution in [2.45, 2.75) is 58.9 Å². The predicted octanol–water partition coefficient (Wildman–Crippen LogP) is 2.21. The average Bonchev–Trinajstić information content (AvgIpc) is 2.26. The number of rotatable bonds is 7. The number of aryl methyl sites for hydroxylation is 1. The molecule has 0 saturated heterocycles. The molecule has 0 aliphatic carbocycles. The Bertz CT molecular complexity index is 445. The average molecular weight is 238 g/mol. The van der Waals surface area contributed by atoms with Crippen molar-refractivity contribution in [3.8, 4) is 0 Å². The van der Waals surface area contributed by atoms with Crippen molar-refractivity contribution in [2.24, 2.45) is 0 Å². The highest BCUT2D eigenvalue weighted by molar-refractivity contribution is 4.98. The molecule has 0 unspecified atom stereocenters. The van der Waals surface area contributed by atoms with Gasteiger partial charge < -0.3 is 0 Å². The molecule has 0 aromatic carbocycles. The van der Waals surface area contributed by atoms with Crippen LogP contribution in [0.2, 0.25) is 0 Å². The van der Waals surface area contributed by atoms with Gasteiger partial charge in [-0.25, -0.2) is 4.79 Å². The molecule has 0 aliphatic heterocycles. The highest BCUT2D eigenvalue weighted by Crippen LogP contribution is 2.05. The smallest absolute Gasteiger partial charge is 0.298 e. The Hall–Kier alpha value is -1.32. The molecule has 0 spiro atoms. The first-order chi connectivity index (χ1) is 8.15. The lowest BCUT2D eigenvalue weighted by atomic mass is 10.1. The molecule has 1 N–H and O–H groups in total. The van der Waals surface area contributed by atoms with E-state index in [1.165, 1.54) is 31.7 Å². The minimum atomic E-state index is -0.313. The van der Waals surface area contributed by atoms with E-state index in [1.54, 1.807) is 11.5 Å². The molecule has 0 radical (unpaired) electrons. The second-order valence-electron chi connectivity index (χ2n) is 4.50. The first-order valence-electron chi connectivity index (χ1n) is 6.46. The van der Waals surface area contributed by atoms with E-state index >= 15 is 0 Å². The van der Waals surface area contributed by atoms with Crippen molar-refractivity contribution in [1.82, 2.24) is 9.55 Å². The van der Waals surface area contributed by atoms with E-state index in [0.29, 0.717) is 6.54 Å². The number of hydrogen-bond acceptors (Lipinski definition) is 2. The Morgan fingerprint density at radius 1 is 1.12 bits per heavy atom. The molecule has 0 atom stereocenters. The van der Waals surface area contributed by atoms with E-state index in [1.807, 2.05) is 0 Å². The minimum absolute atomic E-state index is 0.288. The van der Waals surface area contributed by atoms with Crippen LogP contribution in [0.5, 0.6) is 0 Å². The Morgan fingerprint density at radius 2 is 1.76 bits per heavy atom. The van der Waals surface area contributed by atoms with Gasteiger partial charge in [0.25, 0.3) is 5.56 Å². The summed E-state index contributed by atoms with van der Waals surface area (Å²) in [6, 6.07) is 1.47. The molecular formula is C13H22N2O2. The van der Waals surface area contributed by atoms with E-state index in [9.17, 15) is 9.59 Å². The van der Waals surface area contributed by atoms with Gasteiger partial charge >= 0.3 is 5.69 Å². The number of unbranched alkanes of at least 4 members (excludes halogenated alkanes) is 5. The van der Waals surface area contributed by atoms with Gasteiger partial charge in [-0.05, 0) is 13.3 Å². The largest absolute Gasteiger partial charge is 0.328 e. The van der Waals surface area contributed by atoms with Gasteiger partial charge in [0.2, 0.25) is 0 Å². The second-order valence-corrected chi connectivity index (χ2v) is 4.50. The van der Waals surface area contributed by atoms with Gasteiger partial charge in [-0.15, -0.1) is 0 Å². The molecular weight excluding hydrogens is 216 g/mol. The lowest BCUT2D eigenvalue weighted by Crippen LogP contribution is -2.31. The van der Waals surface area contributed by atoms with Crippen LogP contribution in [0.15, 0.2) is 15.7 Å². The second kappa shape index (κ2) is 7.09. The van der Waals surface area contributed by atoms with Gasteiger partial charge in [0.15, 0.2) is 0 Å². The van der Waals surface area contributed by atoms with Gasteiger partial charge in [0, 0.05) is 18.3 Å². The van der Waals surface area contributed by atoms with Gasteiger partial charge in [0.05, 0.1) is 0 Å². The zero-order valence-electron chi connectivity index (χ0n) is 10.8. The number of aromatic amines is 1. The van der Waals surface area contributed by atoms with E-state index < -0.39 is 0 Å². The Kier molecular flexibility index (Phi) is 5.73. The summed E-state index contributed by atoms with van der Waals surface area (Å²) in [4.78, 5) is 24.9. The summed E-state index contributed by atoms with van der Waals surface area (Å²) in [6.07, 6.45) is 7.18. The lowest BCUT2D eigenvalue weighted by Gasteiger charge is -2.08. The summed E-state index contributed by atoms with van der Waals surface area (Å²) in [5.41, 5.74) is 0.141. The Balaban J connectivity index is 2.42. The molecule has 17 heavy (non-hydrogen) atoms. The number of hydrogen-bond donors (Lipinski definition) is 1. The number of nitrogens with one attached hydrogen (secondary N) is 1. The fraction of sp³-hybridized carbons (Fsp3) is 0.692. The summed E-state index contributed by atoms with van der Waals surface area (Å²) in [6.45, 7) is 4.70. The molecule has 0 aliphatic rings. The standard InChI is InChI=1S/C13H22N2O2/c1-3-4-5-6-7-8-9-15-11(2)10-12(16)14-13(15)17/h10H,3-9H2,1-2H3,(H,14,16,17). The summed E-state index contributed by atoms with van der Waals surface area (Å²) in [5.74, 6) is 0. The van der Waals surface area contributed by atoms with Crippen LogP contribution in [-0.2, 0) is 6.54 Å². The number of H-pyrrole nitrogens is 1. The van der Waals surface area contributed by atoms with Crippen molar-refractivity contribution >= 4 is 0 Å². The molecule has 4 heteroatoms. The minimum Gasteiger partial charge on any atom is -0.298 e. The maximum absolute atomic E-state index is 11.5. The molecule has 1 heterocycles. The number of aromatic nitrogens is 2. The van der Waals surface area contributed by atoms with Gasteiger partial charge in [-0.1, -0.05) is 39.0 Å². The third-order valence-electron chi connectivity index (χ3n) is 2.98. The molecule has 0 amide bonds. The van der Waals surface area contributed by atoms with Crippen molar-refractivity contribution in [2.75, 3.05) is 0 Å². The first kappa shape index (κ1) is 13.7. The van der Waals surface area contributed by atoms with Crippen LogP contribution < -0.4 is 11.2 Å². The molecule has 1 aromatic rings. The SMILES string of the molecule is CCCCCCCCn1c(C)cc(=O)[nH]c1=O. The van der Waals surface area contributed by atoms with Gasteiger partial charge in [-0.2, -0.15) is 0 Å². The quantitative estimate of drug-likeness (QED) is 0.740. The highest BCUT2D eigenvalue weighted by atomic mass is 16.2. The zero-order chi connectivity index (χ0) is 12.7. The van der Waals surface area contributed by atoms with Crippen molar-refractivity contribution in [1.29, 1.82) is 0 Å². The summed E-state index contributed by atoms with van der Waals surface area (Å²) < 4.78 is 1.64. The van der Waals surface area contributed by atoms with Gasteiger partial charge in [-0.3, -0.25) is 14.3 Å². The fourth-order valence-corrected chi connectivity index (χ4v) is 1.96. The van der Waals surface area contributed by atoms with E-state index in [4.69, 9.17) is 0 Å². The third kappa shape index (κ3) is 4.59. The van der Waals surface area contributed by atoms with Crippen LogP contribution in [0.3, 0.4) is 0 Å². The fourth-order valence-electron chi connectivity index (χ4n) is 1.96. The molecule has 1 aromatic heterocycles. The maximum Gasteiger partial charge on any atom is 0.328 e. The Labute approximate surface area is 102 Å². The van der Waals surface area contributed by atoms with Crippen LogP contribution in [0.4, 0.5) is 0 Å². The molecule has 0 bridgehead atoms. The summed E-state index contributed by atoms with van der Waals surface area (Å²) >= 11 is 0. The molecule has 0 saturated carbocycles. The van der Waals surface area contributed by atoms with E-state index in [0.717, 1.165) is 18.5 Å². The summed E-state index contributed by atoms with van der Waals surface area (Å²) in [7, 11) is 0. The van der Waals surface area contributed by atoms with Crippen LogP contribution in [0.25, 0.3) is 0 Å². The molecule has 96 valence electrons. The van der Waals surface area contributed by atoms with Crippen LogP contribution in [0, 0.1) is 6.92 Å². The Morgan fingerprint density at radius 3 is 2.41 bits per heavy atom. The predicted molar refractivity (Wildman–Crippen MR) is 69.4 cm³/mol. The van der Waals surface area contributed by atoms with E-state index in [2.05, 4.69) is 11.9 Å². The van der Waals surface area contributed by atoms with Crippen LogP contribution in [-0.4, -0.2) is 9.55 Å². The topological polar surface area (TPSA) is 54.9 Å². The van der Waals surface area contributed by atoms with Crippen LogP contribution in [0.1, 0.15) is 51.1 Å². The van der Waals surface area contributed by atoms with Crippen molar-refractivity contribution in [3.05, 3.63) is 32.6 Å². The molecule has 4 nitrogen and oxygen atoms in total. The monoisotopic (exact) mass is 238 g/mol. The first-order valence-corrected chi connectivity index (χ1v) is 6.46. The molecule has 0 fully saturated rings. The third-order valence-corrected chi connectivity index (χ3v) is 2.98. The van der Waals surface area contributed by atoms with Crippen LogP contribution >= 0.6 is 0 Å². The normalized spacial score (nSPS) is 10.7. The lowest BCUT2D eigenvalue weighted by molar-refractivity contribution is 0.534.